The first-order valence-corrected chi connectivity index (χ1v) is 15.0. The number of sulfonamides is 1. The summed E-state index contributed by atoms with van der Waals surface area (Å²) in [5.41, 5.74) is 0.668. The van der Waals surface area contributed by atoms with E-state index in [2.05, 4.69) is 5.32 Å². The second-order valence-corrected chi connectivity index (χ2v) is 12.1. The quantitative estimate of drug-likeness (QED) is 0.271. The maximum atomic E-state index is 14.0. The fourth-order valence-electron chi connectivity index (χ4n) is 4.08. The number of rotatable bonds is 12. The Kier molecular flexibility index (Phi) is 11.0. The molecule has 0 aliphatic rings. The molecular formula is C29H32Cl2FN3O4S. The molecule has 214 valence electrons. The number of hydrogen-bond donors (Lipinski definition) is 1. The Morgan fingerprint density at radius 1 is 0.925 bits per heavy atom. The van der Waals surface area contributed by atoms with Crippen molar-refractivity contribution in [1.29, 1.82) is 0 Å². The van der Waals surface area contributed by atoms with E-state index in [-0.39, 0.29) is 45.5 Å². The summed E-state index contributed by atoms with van der Waals surface area (Å²) in [4.78, 5) is 28.6. The average Bonchev–Trinajstić information content (AvgIpc) is 2.92. The van der Waals surface area contributed by atoms with E-state index < -0.39 is 34.3 Å². The molecule has 0 aliphatic carbocycles. The van der Waals surface area contributed by atoms with E-state index in [1.807, 2.05) is 13.8 Å². The molecule has 11 heteroatoms. The van der Waals surface area contributed by atoms with Crippen LogP contribution in [0.2, 0.25) is 10.0 Å². The number of carbonyl (C=O) groups is 2. The van der Waals surface area contributed by atoms with Crippen molar-refractivity contribution in [2.75, 3.05) is 10.8 Å². The van der Waals surface area contributed by atoms with Gasteiger partial charge in [0.2, 0.25) is 11.8 Å². The lowest BCUT2D eigenvalue weighted by atomic mass is 10.1. The van der Waals surface area contributed by atoms with Crippen molar-refractivity contribution in [3.63, 3.8) is 0 Å². The minimum absolute atomic E-state index is 0.0365. The fourth-order valence-corrected chi connectivity index (χ4v) is 6.01. The monoisotopic (exact) mass is 607 g/mol. The Bertz CT molecular complexity index is 1400. The zero-order valence-corrected chi connectivity index (χ0v) is 24.8. The molecule has 7 nitrogen and oxygen atoms in total. The summed E-state index contributed by atoms with van der Waals surface area (Å²) in [5, 5.41) is 3.28. The summed E-state index contributed by atoms with van der Waals surface area (Å²) in [6.45, 7) is 4.87. The van der Waals surface area contributed by atoms with E-state index in [1.165, 1.54) is 59.5 Å². The molecule has 0 heterocycles. The zero-order valence-electron chi connectivity index (χ0n) is 22.5. The number of halogens is 3. The molecule has 0 unspecified atom stereocenters. The molecule has 0 saturated carbocycles. The van der Waals surface area contributed by atoms with Crippen LogP contribution in [0.4, 0.5) is 10.1 Å². The smallest absolute Gasteiger partial charge is 0.264 e. The standard InChI is InChI=1S/C29H32Cl2FN3O4S/c1-4-20(3)33-29(37)27(5-2)34(18-21-11-13-24(32)14-12-21)28(36)19-35(25-16-22(30)15-23(31)17-25)40(38,39)26-9-7-6-8-10-26/h6-17,20,27H,4-5,18-19H2,1-3H3,(H,33,37)/t20-,27-/m0/s1. The molecule has 3 aromatic carbocycles. The molecule has 2 amide bonds. The number of nitrogens with zero attached hydrogens (tertiary/aromatic N) is 2. The van der Waals surface area contributed by atoms with Crippen molar-refractivity contribution in [2.45, 2.75) is 57.1 Å². The molecule has 0 aliphatic heterocycles. The highest BCUT2D eigenvalue weighted by Crippen LogP contribution is 2.30. The molecule has 40 heavy (non-hydrogen) atoms. The molecule has 3 aromatic rings. The van der Waals surface area contributed by atoms with Gasteiger partial charge in [-0.05, 0) is 67.8 Å². The van der Waals surface area contributed by atoms with E-state index >= 15 is 0 Å². The molecule has 0 bridgehead atoms. The van der Waals surface area contributed by atoms with Gasteiger partial charge in [0.05, 0.1) is 10.6 Å². The predicted molar refractivity (Wildman–Crippen MR) is 156 cm³/mol. The van der Waals surface area contributed by atoms with Gasteiger partial charge in [0.1, 0.15) is 18.4 Å². The molecule has 0 fully saturated rings. The second-order valence-electron chi connectivity index (χ2n) is 9.34. The Balaban J connectivity index is 2.07. The van der Waals surface area contributed by atoms with Crippen molar-refractivity contribution in [2.24, 2.45) is 0 Å². The summed E-state index contributed by atoms with van der Waals surface area (Å²) in [5.74, 6) is -1.44. The van der Waals surface area contributed by atoms with Crippen molar-refractivity contribution < 1.29 is 22.4 Å². The van der Waals surface area contributed by atoms with E-state index in [1.54, 1.807) is 25.1 Å². The Morgan fingerprint density at radius 3 is 2.08 bits per heavy atom. The molecule has 3 rings (SSSR count). The van der Waals surface area contributed by atoms with Gasteiger partial charge >= 0.3 is 0 Å². The SMILES string of the molecule is CC[C@H](C)NC(=O)[C@H](CC)N(Cc1ccc(F)cc1)C(=O)CN(c1cc(Cl)cc(Cl)c1)S(=O)(=O)c1ccccc1. The minimum Gasteiger partial charge on any atom is -0.352 e. The minimum atomic E-state index is -4.25. The van der Waals surface area contributed by atoms with Crippen molar-refractivity contribution in [3.05, 3.63) is 94.2 Å². The van der Waals surface area contributed by atoms with Gasteiger partial charge in [-0.1, -0.05) is 67.4 Å². The summed E-state index contributed by atoms with van der Waals surface area (Å²) in [6.07, 6.45) is 0.955. The van der Waals surface area contributed by atoms with Crippen LogP contribution in [0.1, 0.15) is 39.2 Å². The van der Waals surface area contributed by atoms with Gasteiger partial charge in [-0.2, -0.15) is 0 Å². The molecule has 0 saturated heterocycles. The predicted octanol–water partition coefficient (Wildman–Crippen LogP) is 6.05. The zero-order chi connectivity index (χ0) is 29.4. The Hall–Kier alpha value is -3.14. The third kappa shape index (κ3) is 7.96. The summed E-state index contributed by atoms with van der Waals surface area (Å²) < 4.78 is 42.2. The van der Waals surface area contributed by atoms with Crippen LogP contribution in [-0.4, -0.2) is 43.8 Å². The second kappa shape index (κ2) is 14.0. The first-order chi connectivity index (χ1) is 19.0. The number of amides is 2. The van der Waals surface area contributed by atoms with Crippen LogP contribution < -0.4 is 9.62 Å². The van der Waals surface area contributed by atoms with Gasteiger partial charge in [0, 0.05) is 22.6 Å². The van der Waals surface area contributed by atoms with Crippen LogP contribution in [0.25, 0.3) is 0 Å². The molecule has 1 N–H and O–H groups in total. The summed E-state index contributed by atoms with van der Waals surface area (Å²) in [7, 11) is -4.25. The van der Waals surface area contributed by atoms with Crippen molar-refractivity contribution in [1.82, 2.24) is 10.2 Å². The van der Waals surface area contributed by atoms with Crippen LogP contribution in [-0.2, 0) is 26.2 Å². The van der Waals surface area contributed by atoms with Crippen LogP contribution in [0.3, 0.4) is 0 Å². The maximum absolute atomic E-state index is 14.0. The lowest BCUT2D eigenvalue weighted by Gasteiger charge is -2.33. The van der Waals surface area contributed by atoms with E-state index in [0.29, 0.717) is 12.0 Å². The Labute approximate surface area is 244 Å². The number of benzene rings is 3. The van der Waals surface area contributed by atoms with Gasteiger partial charge in [-0.3, -0.25) is 13.9 Å². The van der Waals surface area contributed by atoms with Crippen LogP contribution in [0, 0.1) is 5.82 Å². The third-order valence-corrected chi connectivity index (χ3v) is 8.62. The molecule has 0 spiro atoms. The Morgan fingerprint density at radius 2 is 1.52 bits per heavy atom. The lowest BCUT2D eigenvalue weighted by molar-refractivity contribution is -0.140. The van der Waals surface area contributed by atoms with Crippen LogP contribution in [0.5, 0.6) is 0 Å². The number of nitrogens with one attached hydrogen (secondary N) is 1. The molecule has 0 radical (unpaired) electrons. The number of hydrogen-bond acceptors (Lipinski definition) is 4. The average molecular weight is 609 g/mol. The van der Waals surface area contributed by atoms with Gasteiger partial charge < -0.3 is 10.2 Å². The lowest BCUT2D eigenvalue weighted by Crippen LogP contribution is -2.53. The fraction of sp³-hybridized carbons (Fsp3) is 0.310. The number of carbonyl (C=O) groups excluding carboxylic acids is 2. The number of anilines is 1. The first kappa shape index (κ1) is 31.4. The van der Waals surface area contributed by atoms with Gasteiger partial charge in [0.15, 0.2) is 0 Å². The van der Waals surface area contributed by atoms with Gasteiger partial charge in [0.25, 0.3) is 10.0 Å². The topological polar surface area (TPSA) is 86.8 Å². The van der Waals surface area contributed by atoms with E-state index in [4.69, 9.17) is 23.2 Å². The van der Waals surface area contributed by atoms with Crippen LogP contribution in [0.15, 0.2) is 77.7 Å². The van der Waals surface area contributed by atoms with E-state index in [0.717, 1.165) is 4.31 Å². The van der Waals surface area contributed by atoms with Crippen molar-refractivity contribution >= 4 is 50.7 Å². The third-order valence-electron chi connectivity index (χ3n) is 6.40. The molecular weight excluding hydrogens is 576 g/mol. The molecule has 0 aromatic heterocycles. The highest BCUT2D eigenvalue weighted by atomic mass is 35.5. The first-order valence-electron chi connectivity index (χ1n) is 12.8. The van der Waals surface area contributed by atoms with Gasteiger partial charge in [-0.25, -0.2) is 12.8 Å². The van der Waals surface area contributed by atoms with Crippen LogP contribution >= 0.6 is 23.2 Å². The maximum Gasteiger partial charge on any atom is 0.264 e. The van der Waals surface area contributed by atoms with E-state index in [9.17, 15) is 22.4 Å². The summed E-state index contributed by atoms with van der Waals surface area (Å²) in [6, 6.07) is 16.4. The highest BCUT2D eigenvalue weighted by molar-refractivity contribution is 7.92. The molecule has 2 atom stereocenters. The normalized spacial score (nSPS) is 12.8. The summed E-state index contributed by atoms with van der Waals surface area (Å²) >= 11 is 12.4. The van der Waals surface area contributed by atoms with Gasteiger partial charge in [-0.15, -0.1) is 0 Å². The highest BCUT2D eigenvalue weighted by Gasteiger charge is 2.34. The van der Waals surface area contributed by atoms with Crippen molar-refractivity contribution in [3.8, 4) is 0 Å². The largest absolute Gasteiger partial charge is 0.352 e.